The number of hydrogen-bond donors (Lipinski definition) is 0. The van der Waals surface area contributed by atoms with E-state index in [2.05, 4.69) is 11.8 Å². The van der Waals surface area contributed by atoms with Gasteiger partial charge in [-0.2, -0.15) is 0 Å². The summed E-state index contributed by atoms with van der Waals surface area (Å²) in [7, 11) is 1.46. The van der Waals surface area contributed by atoms with Crippen molar-refractivity contribution in [3.8, 4) is 5.75 Å². The highest BCUT2D eigenvalue weighted by Crippen LogP contribution is 2.17. The summed E-state index contributed by atoms with van der Waals surface area (Å²) < 4.78 is 10.6. The van der Waals surface area contributed by atoms with E-state index in [1.165, 1.54) is 12.7 Å². The van der Waals surface area contributed by atoms with Gasteiger partial charge in [0.05, 0.1) is 13.0 Å². The zero-order valence-corrected chi connectivity index (χ0v) is 12.3. The van der Waals surface area contributed by atoms with Crippen LogP contribution in [0.5, 0.6) is 5.75 Å². The van der Waals surface area contributed by atoms with Gasteiger partial charge in [-0.05, 0) is 38.4 Å². The Kier molecular flexibility index (Phi) is 5.41. The number of ether oxygens (including phenoxy) is 2. The minimum absolute atomic E-state index is 0.0214. The molecule has 0 aliphatic carbocycles. The summed E-state index contributed by atoms with van der Waals surface area (Å²) in [6, 6.07) is 8.07. The summed E-state index contributed by atoms with van der Waals surface area (Å²) in [5.74, 6) is 0.833. The Labute approximate surface area is 120 Å². The van der Waals surface area contributed by atoms with Crippen molar-refractivity contribution in [3.63, 3.8) is 0 Å². The van der Waals surface area contributed by atoms with Gasteiger partial charge in [-0.1, -0.05) is 17.7 Å². The number of nitrogens with zero attached hydrogens (tertiary/aromatic N) is 1. The normalized spacial score (nSPS) is 19.6. The van der Waals surface area contributed by atoms with Crippen LogP contribution in [0.1, 0.15) is 18.4 Å². The lowest BCUT2D eigenvalue weighted by Crippen LogP contribution is -2.41. The quantitative estimate of drug-likeness (QED) is 0.774. The summed E-state index contributed by atoms with van der Waals surface area (Å²) >= 11 is 0. The van der Waals surface area contributed by atoms with Crippen LogP contribution in [0.2, 0.25) is 0 Å². The number of carbonyl (C=O) groups is 1. The third-order valence-corrected chi connectivity index (χ3v) is 3.74. The average Bonchev–Trinajstić information content (AvgIpc) is 2.49. The molecule has 2 rings (SSSR count). The summed E-state index contributed by atoms with van der Waals surface area (Å²) in [5.41, 5.74) is 1.23. The van der Waals surface area contributed by atoms with Gasteiger partial charge < -0.3 is 9.47 Å². The van der Waals surface area contributed by atoms with Gasteiger partial charge in [-0.15, -0.1) is 0 Å². The molecular weight excluding hydrogens is 254 g/mol. The molecule has 0 N–H and O–H groups in total. The summed E-state index contributed by atoms with van der Waals surface area (Å²) in [4.78, 5) is 13.8. The molecule has 20 heavy (non-hydrogen) atoms. The molecule has 1 unspecified atom stereocenters. The Balaban J connectivity index is 1.73. The summed E-state index contributed by atoms with van der Waals surface area (Å²) in [5, 5.41) is 0. The molecule has 1 aliphatic rings. The van der Waals surface area contributed by atoms with Crippen molar-refractivity contribution in [2.45, 2.75) is 19.8 Å². The fourth-order valence-electron chi connectivity index (χ4n) is 2.54. The molecular formula is C16H23NO3. The van der Waals surface area contributed by atoms with Gasteiger partial charge in [0.15, 0.2) is 0 Å². The van der Waals surface area contributed by atoms with Crippen LogP contribution in [0.25, 0.3) is 0 Å². The summed E-state index contributed by atoms with van der Waals surface area (Å²) in [6.07, 6.45) is 1.98. The summed E-state index contributed by atoms with van der Waals surface area (Å²) in [6.45, 7) is 5.37. The molecule has 1 heterocycles. The van der Waals surface area contributed by atoms with Gasteiger partial charge in [0.1, 0.15) is 12.4 Å². The molecule has 110 valence electrons. The molecule has 4 heteroatoms. The first kappa shape index (κ1) is 14.9. The van der Waals surface area contributed by atoms with Crippen LogP contribution in [0.4, 0.5) is 0 Å². The predicted molar refractivity (Wildman–Crippen MR) is 77.9 cm³/mol. The molecule has 1 aliphatic heterocycles. The Morgan fingerprint density at radius 1 is 1.35 bits per heavy atom. The van der Waals surface area contributed by atoms with Crippen molar-refractivity contribution in [1.29, 1.82) is 0 Å². The van der Waals surface area contributed by atoms with E-state index in [9.17, 15) is 4.79 Å². The Morgan fingerprint density at radius 3 is 2.80 bits per heavy atom. The molecule has 0 amide bonds. The van der Waals surface area contributed by atoms with Crippen LogP contribution in [0.3, 0.4) is 0 Å². The topological polar surface area (TPSA) is 38.8 Å². The third-order valence-electron chi connectivity index (χ3n) is 3.74. The van der Waals surface area contributed by atoms with E-state index in [4.69, 9.17) is 9.47 Å². The first-order chi connectivity index (χ1) is 9.69. The van der Waals surface area contributed by atoms with Gasteiger partial charge in [0.25, 0.3) is 0 Å². The number of methoxy groups -OCH3 is 1. The lowest BCUT2D eigenvalue weighted by molar-refractivity contribution is -0.147. The largest absolute Gasteiger partial charge is 0.492 e. The SMILES string of the molecule is COC(=O)C1CCCN(CCOc2ccc(C)cc2)C1. The second-order valence-corrected chi connectivity index (χ2v) is 5.32. The molecule has 1 saturated heterocycles. The van der Waals surface area contributed by atoms with Crippen molar-refractivity contribution < 1.29 is 14.3 Å². The maximum Gasteiger partial charge on any atom is 0.309 e. The molecule has 1 atom stereocenters. The van der Waals surface area contributed by atoms with E-state index < -0.39 is 0 Å². The van der Waals surface area contributed by atoms with Crippen LogP contribution in [-0.2, 0) is 9.53 Å². The number of hydrogen-bond acceptors (Lipinski definition) is 4. The smallest absolute Gasteiger partial charge is 0.309 e. The highest BCUT2D eigenvalue weighted by Gasteiger charge is 2.26. The Hall–Kier alpha value is -1.55. The van der Waals surface area contributed by atoms with E-state index in [1.807, 2.05) is 24.3 Å². The number of likely N-dealkylation sites (tertiary alicyclic amines) is 1. The molecule has 0 bridgehead atoms. The van der Waals surface area contributed by atoms with Crippen LogP contribution >= 0.6 is 0 Å². The third kappa shape index (κ3) is 4.23. The maximum absolute atomic E-state index is 11.6. The van der Waals surface area contributed by atoms with Crippen molar-refractivity contribution >= 4 is 5.97 Å². The molecule has 4 nitrogen and oxygen atoms in total. The highest BCUT2D eigenvalue weighted by molar-refractivity contribution is 5.72. The molecule has 0 radical (unpaired) electrons. The second-order valence-electron chi connectivity index (χ2n) is 5.32. The zero-order chi connectivity index (χ0) is 14.4. The van der Waals surface area contributed by atoms with E-state index in [0.717, 1.165) is 38.2 Å². The van der Waals surface area contributed by atoms with E-state index in [1.54, 1.807) is 0 Å². The fourth-order valence-corrected chi connectivity index (χ4v) is 2.54. The maximum atomic E-state index is 11.6. The molecule has 0 aromatic heterocycles. The molecule has 1 aromatic carbocycles. The number of benzene rings is 1. The van der Waals surface area contributed by atoms with Gasteiger partial charge in [-0.3, -0.25) is 9.69 Å². The fraction of sp³-hybridized carbons (Fsp3) is 0.562. The van der Waals surface area contributed by atoms with E-state index in [-0.39, 0.29) is 11.9 Å². The second kappa shape index (κ2) is 7.29. The minimum Gasteiger partial charge on any atom is -0.492 e. The Morgan fingerprint density at radius 2 is 2.10 bits per heavy atom. The van der Waals surface area contributed by atoms with Crippen molar-refractivity contribution in [2.75, 3.05) is 33.4 Å². The van der Waals surface area contributed by atoms with Crippen molar-refractivity contribution in [2.24, 2.45) is 5.92 Å². The molecule has 1 aromatic rings. The number of esters is 1. The number of piperidine rings is 1. The predicted octanol–water partition coefficient (Wildman–Crippen LogP) is 2.26. The van der Waals surface area contributed by atoms with E-state index >= 15 is 0 Å². The Bertz CT molecular complexity index is 430. The zero-order valence-electron chi connectivity index (χ0n) is 12.3. The molecule has 0 saturated carbocycles. The standard InChI is InChI=1S/C16H23NO3/c1-13-5-7-15(8-6-13)20-11-10-17-9-3-4-14(12-17)16(18)19-2/h5-8,14H,3-4,9-12H2,1-2H3. The lowest BCUT2D eigenvalue weighted by atomic mass is 9.98. The van der Waals surface area contributed by atoms with Gasteiger partial charge in [0, 0.05) is 13.1 Å². The number of aryl methyl sites for hydroxylation is 1. The molecule has 1 fully saturated rings. The van der Waals surface area contributed by atoms with Crippen molar-refractivity contribution in [3.05, 3.63) is 29.8 Å². The minimum atomic E-state index is -0.0887. The van der Waals surface area contributed by atoms with Crippen LogP contribution in [0.15, 0.2) is 24.3 Å². The van der Waals surface area contributed by atoms with Gasteiger partial charge in [-0.25, -0.2) is 0 Å². The lowest BCUT2D eigenvalue weighted by Gasteiger charge is -2.31. The first-order valence-electron chi connectivity index (χ1n) is 7.18. The average molecular weight is 277 g/mol. The van der Waals surface area contributed by atoms with Gasteiger partial charge >= 0.3 is 5.97 Å². The van der Waals surface area contributed by atoms with Crippen molar-refractivity contribution in [1.82, 2.24) is 4.90 Å². The molecule has 0 spiro atoms. The number of rotatable bonds is 5. The van der Waals surface area contributed by atoms with Crippen LogP contribution < -0.4 is 4.74 Å². The van der Waals surface area contributed by atoms with Crippen LogP contribution in [0, 0.1) is 12.8 Å². The van der Waals surface area contributed by atoms with Gasteiger partial charge in [0.2, 0.25) is 0 Å². The first-order valence-corrected chi connectivity index (χ1v) is 7.18. The van der Waals surface area contributed by atoms with E-state index in [0.29, 0.717) is 6.61 Å². The van der Waals surface area contributed by atoms with Crippen LogP contribution in [-0.4, -0.2) is 44.2 Å². The monoisotopic (exact) mass is 277 g/mol. The highest BCUT2D eigenvalue weighted by atomic mass is 16.5. The number of carbonyl (C=O) groups excluding carboxylic acids is 1.